The van der Waals surface area contributed by atoms with Gasteiger partial charge in [-0.2, -0.15) is 0 Å². The molecule has 3 nitrogen and oxygen atoms in total. The van der Waals surface area contributed by atoms with Crippen LogP contribution in [0.15, 0.2) is 36.4 Å². The van der Waals surface area contributed by atoms with Gasteiger partial charge in [0.15, 0.2) is 0 Å². The average Bonchev–Trinajstić information content (AvgIpc) is 2.37. The van der Waals surface area contributed by atoms with Crippen LogP contribution in [0.5, 0.6) is 5.75 Å². The van der Waals surface area contributed by atoms with Crippen molar-refractivity contribution in [1.82, 2.24) is 0 Å². The summed E-state index contributed by atoms with van der Waals surface area (Å²) in [6.07, 6.45) is 0. The highest BCUT2D eigenvalue weighted by Crippen LogP contribution is 2.22. The molecule has 0 bridgehead atoms. The molecule has 0 spiro atoms. The van der Waals surface area contributed by atoms with Crippen molar-refractivity contribution in [2.45, 2.75) is 20.5 Å². The van der Waals surface area contributed by atoms with E-state index in [-0.39, 0.29) is 18.5 Å². The molecular weight excluding hydrogens is 228 g/mol. The molecule has 0 heterocycles. The van der Waals surface area contributed by atoms with Crippen LogP contribution < -0.4 is 4.74 Å². The summed E-state index contributed by atoms with van der Waals surface area (Å²) in [7, 11) is 0. The molecule has 0 saturated carbocycles. The van der Waals surface area contributed by atoms with E-state index in [1.807, 2.05) is 30.3 Å². The van der Waals surface area contributed by atoms with E-state index < -0.39 is 0 Å². The fourth-order valence-corrected chi connectivity index (χ4v) is 1.67. The van der Waals surface area contributed by atoms with E-state index >= 15 is 0 Å². The molecule has 2 rings (SSSR count). The summed E-state index contributed by atoms with van der Waals surface area (Å²) >= 11 is 0. The molecule has 0 saturated heterocycles. The number of aliphatic hydroxyl groups excluding tert-OH is 1. The predicted octanol–water partition coefficient (Wildman–Crippen LogP) is 2.89. The lowest BCUT2D eigenvalue weighted by Crippen LogP contribution is -2.14. The number of ether oxygens (including phenoxy) is 1. The highest BCUT2D eigenvalue weighted by molar-refractivity contribution is 5.85. The van der Waals surface area contributed by atoms with Gasteiger partial charge in [0, 0.05) is 0 Å². The van der Waals surface area contributed by atoms with Gasteiger partial charge < -0.3 is 9.84 Å². The number of carbonyl (C=O) groups is 1. The Morgan fingerprint density at radius 1 is 1.17 bits per heavy atom. The topological polar surface area (TPSA) is 46.5 Å². The molecule has 0 aromatic heterocycles. The highest BCUT2D eigenvalue weighted by atomic mass is 16.5. The average molecular weight is 244 g/mol. The van der Waals surface area contributed by atoms with Crippen molar-refractivity contribution in [3.63, 3.8) is 0 Å². The number of hydrogen-bond donors (Lipinski definition) is 1. The first-order valence-corrected chi connectivity index (χ1v) is 5.95. The Labute approximate surface area is 106 Å². The van der Waals surface area contributed by atoms with E-state index in [1.165, 1.54) is 0 Å². The Morgan fingerprint density at radius 3 is 2.50 bits per heavy atom. The van der Waals surface area contributed by atoms with Gasteiger partial charge in [-0.3, -0.25) is 4.79 Å². The quantitative estimate of drug-likeness (QED) is 0.667. The maximum Gasteiger partial charge on any atom is 0.313 e. The van der Waals surface area contributed by atoms with Gasteiger partial charge in [0.25, 0.3) is 0 Å². The summed E-state index contributed by atoms with van der Waals surface area (Å²) < 4.78 is 5.25. The van der Waals surface area contributed by atoms with Crippen LogP contribution in [0.25, 0.3) is 10.8 Å². The van der Waals surface area contributed by atoms with E-state index in [2.05, 4.69) is 0 Å². The maximum atomic E-state index is 11.5. The van der Waals surface area contributed by atoms with Gasteiger partial charge in [-0.15, -0.1) is 0 Å². The van der Waals surface area contributed by atoms with Crippen molar-refractivity contribution in [2.75, 3.05) is 0 Å². The Hall–Kier alpha value is -1.87. The third-order valence-electron chi connectivity index (χ3n) is 2.75. The van der Waals surface area contributed by atoms with Crippen molar-refractivity contribution in [2.24, 2.45) is 5.92 Å². The second-order valence-corrected chi connectivity index (χ2v) is 4.58. The predicted molar refractivity (Wildman–Crippen MR) is 70.3 cm³/mol. The molecule has 94 valence electrons. The van der Waals surface area contributed by atoms with Crippen molar-refractivity contribution in [3.05, 3.63) is 42.0 Å². The summed E-state index contributed by atoms with van der Waals surface area (Å²) in [6.45, 7) is 3.63. The minimum absolute atomic E-state index is 0.0278. The molecule has 3 heteroatoms. The number of aliphatic hydroxyl groups is 1. The molecule has 0 aliphatic rings. The number of hydrogen-bond acceptors (Lipinski definition) is 3. The largest absolute Gasteiger partial charge is 0.426 e. The van der Waals surface area contributed by atoms with Crippen LogP contribution in [0.1, 0.15) is 19.4 Å². The second kappa shape index (κ2) is 5.19. The van der Waals surface area contributed by atoms with E-state index in [0.717, 1.165) is 16.3 Å². The molecule has 0 fully saturated rings. The number of benzene rings is 2. The summed E-state index contributed by atoms with van der Waals surface area (Å²) in [5.74, 6) is 0.178. The van der Waals surface area contributed by atoms with Crippen LogP contribution in [-0.2, 0) is 11.4 Å². The Kier molecular flexibility index (Phi) is 3.63. The zero-order valence-corrected chi connectivity index (χ0v) is 10.5. The molecule has 2 aromatic rings. The molecular formula is C15H16O3. The van der Waals surface area contributed by atoms with Gasteiger partial charge in [-0.1, -0.05) is 32.0 Å². The van der Waals surface area contributed by atoms with Gasteiger partial charge in [0.2, 0.25) is 0 Å². The number of rotatable bonds is 3. The van der Waals surface area contributed by atoms with Gasteiger partial charge in [-0.25, -0.2) is 0 Å². The lowest BCUT2D eigenvalue weighted by atomic mass is 10.1. The normalized spacial score (nSPS) is 10.9. The fourth-order valence-electron chi connectivity index (χ4n) is 1.67. The van der Waals surface area contributed by atoms with Gasteiger partial charge in [0.1, 0.15) is 5.75 Å². The lowest BCUT2D eigenvalue weighted by Gasteiger charge is -2.08. The zero-order valence-electron chi connectivity index (χ0n) is 10.5. The summed E-state index contributed by atoms with van der Waals surface area (Å²) in [5, 5.41) is 11.1. The third kappa shape index (κ3) is 2.68. The van der Waals surface area contributed by atoms with E-state index in [4.69, 9.17) is 9.84 Å². The summed E-state index contributed by atoms with van der Waals surface area (Å²) in [6, 6.07) is 11.2. The van der Waals surface area contributed by atoms with Crippen molar-refractivity contribution in [3.8, 4) is 5.75 Å². The molecule has 1 N–H and O–H groups in total. The SMILES string of the molecule is CC(C)C(=O)Oc1ccc2cc(CO)ccc2c1. The molecule has 2 aromatic carbocycles. The Bertz CT molecular complexity index is 573. The highest BCUT2D eigenvalue weighted by Gasteiger charge is 2.09. The lowest BCUT2D eigenvalue weighted by molar-refractivity contribution is -0.137. The Balaban J connectivity index is 2.30. The maximum absolute atomic E-state index is 11.5. The first-order valence-electron chi connectivity index (χ1n) is 5.95. The van der Waals surface area contributed by atoms with Gasteiger partial charge in [0.05, 0.1) is 12.5 Å². The minimum atomic E-state index is -0.235. The number of carbonyl (C=O) groups excluding carboxylic acids is 1. The number of esters is 1. The first-order chi connectivity index (χ1) is 8.60. The van der Waals surface area contributed by atoms with Crippen LogP contribution in [0, 0.1) is 5.92 Å². The van der Waals surface area contributed by atoms with Gasteiger partial charge in [-0.05, 0) is 34.5 Å². The van der Waals surface area contributed by atoms with Crippen LogP contribution >= 0.6 is 0 Å². The standard InChI is InChI=1S/C15H16O3/c1-10(2)15(17)18-14-6-5-12-7-11(9-16)3-4-13(12)8-14/h3-8,10,16H,9H2,1-2H3. The second-order valence-electron chi connectivity index (χ2n) is 4.58. The summed E-state index contributed by atoms with van der Waals surface area (Å²) in [4.78, 5) is 11.5. The number of fused-ring (bicyclic) bond motifs is 1. The molecule has 0 amide bonds. The minimum Gasteiger partial charge on any atom is -0.426 e. The van der Waals surface area contributed by atoms with E-state index in [1.54, 1.807) is 19.9 Å². The van der Waals surface area contributed by atoms with Crippen molar-refractivity contribution < 1.29 is 14.6 Å². The molecule has 0 radical (unpaired) electrons. The smallest absolute Gasteiger partial charge is 0.313 e. The fraction of sp³-hybridized carbons (Fsp3) is 0.267. The van der Waals surface area contributed by atoms with Crippen molar-refractivity contribution >= 4 is 16.7 Å². The van der Waals surface area contributed by atoms with Crippen molar-refractivity contribution in [1.29, 1.82) is 0 Å². The summed E-state index contributed by atoms with van der Waals surface area (Å²) in [5.41, 5.74) is 0.870. The van der Waals surface area contributed by atoms with Crippen LogP contribution in [0.3, 0.4) is 0 Å². The van der Waals surface area contributed by atoms with Crippen LogP contribution in [-0.4, -0.2) is 11.1 Å². The third-order valence-corrected chi connectivity index (χ3v) is 2.75. The molecule has 0 aliphatic carbocycles. The monoisotopic (exact) mass is 244 g/mol. The zero-order chi connectivity index (χ0) is 13.1. The van der Waals surface area contributed by atoms with Crippen LogP contribution in [0.4, 0.5) is 0 Å². The van der Waals surface area contributed by atoms with Gasteiger partial charge >= 0.3 is 5.97 Å². The molecule has 18 heavy (non-hydrogen) atoms. The Morgan fingerprint density at radius 2 is 1.83 bits per heavy atom. The molecule has 0 atom stereocenters. The van der Waals surface area contributed by atoms with Crippen LogP contribution in [0.2, 0.25) is 0 Å². The van der Waals surface area contributed by atoms with E-state index in [9.17, 15) is 4.79 Å². The first kappa shape index (κ1) is 12.6. The molecule has 0 aliphatic heterocycles. The molecule has 0 unspecified atom stereocenters. The van der Waals surface area contributed by atoms with E-state index in [0.29, 0.717) is 5.75 Å².